The summed E-state index contributed by atoms with van der Waals surface area (Å²) in [5, 5.41) is 3.36. The van der Waals surface area contributed by atoms with E-state index in [1.165, 1.54) is 0 Å². The number of hydrogen-bond acceptors (Lipinski definition) is 2. The molecule has 64 valence electrons. The van der Waals surface area contributed by atoms with E-state index in [-0.39, 0.29) is 0 Å². The summed E-state index contributed by atoms with van der Waals surface area (Å²) in [5.41, 5.74) is 0. The highest BCUT2D eigenvalue weighted by Gasteiger charge is 2.57. The van der Waals surface area contributed by atoms with Gasteiger partial charge in [0, 0.05) is 6.20 Å². The molecular weight excluding hydrogens is 152 g/mol. The van der Waals surface area contributed by atoms with Crippen LogP contribution in [-0.2, 0) is 4.79 Å². The van der Waals surface area contributed by atoms with E-state index < -0.39 is 0 Å². The molecule has 2 fully saturated rings. The second-order valence-electron chi connectivity index (χ2n) is 3.95. The first kappa shape index (κ1) is 6.66. The summed E-state index contributed by atoms with van der Waals surface area (Å²) >= 11 is 0. The molecule has 1 saturated heterocycles. The average molecular weight is 164 g/mol. The van der Waals surface area contributed by atoms with Crippen molar-refractivity contribution in [2.24, 2.45) is 17.8 Å². The van der Waals surface area contributed by atoms with Crippen molar-refractivity contribution in [2.75, 3.05) is 13.1 Å². The summed E-state index contributed by atoms with van der Waals surface area (Å²) in [7, 11) is 0. The van der Waals surface area contributed by atoms with Crippen molar-refractivity contribution in [1.29, 1.82) is 0 Å². The molecule has 1 N–H and O–H groups in total. The number of rotatable bonds is 2. The molecule has 0 spiro atoms. The lowest BCUT2D eigenvalue weighted by Crippen LogP contribution is -2.39. The maximum absolute atomic E-state index is 10.5. The number of carbonyl (C=O) groups excluding carboxylic acids is 1. The lowest BCUT2D eigenvalue weighted by atomic mass is 10.0. The summed E-state index contributed by atoms with van der Waals surface area (Å²) in [6.45, 7) is 2.32. The van der Waals surface area contributed by atoms with E-state index in [4.69, 9.17) is 0 Å². The molecule has 0 aromatic carbocycles. The normalized spacial score (nSPS) is 48.5. The van der Waals surface area contributed by atoms with E-state index in [1.807, 2.05) is 6.20 Å². The molecule has 0 aromatic heterocycles. The molecule has 0 aromatic rings. The number of amides is 1. The van der Waals surface area contributed by atoms with Crippen LogP contribution in [0.25, 0.3) is 0 Å². The van der Waals surface area contributed by atoms with Crippen molar-refractivity contribution < 1.29 is 4.79 Å². The zero-order chi connectivity index (χ0) is 8.13. The molecule has 3 atom stereocenters. The van der Waals surface area contributed by atoms with E-state index in [0.29, 0.717) is 6.04 Å². The van der Waals surface area contributed by atoms with Crippen molar-refractivity contribution in [1.82, 2.24) is 10.2 Å². The molecule has 3 heteroatoms. The maximum Gasteiger partial charge on any atom is 0.214 e. The summed E-state index contributed by atoms with van der Waals surface area (Å²) in [4.78, 5) is 12.3. The molecule has 3 aliphatic rings. The predicted octanol–water partition coefficient (Wildman–Crippen LogP) is -0.194. The smallest absolute Gasteiger partial charge is 0.214 e. The molecule has 1 saturated carbocycles. The molecule has 0 radical (unpaired) electrons. The van der Waals surface area contributed by atoms with Crippen LogP contribution in [-0.4, -0.2) is 30.4 Å². The van der Waals surface area contributed by atoms with Crippen LogP contribution in [0.3, 0.4) is 0 Å². The van der Waals surface area contributed by atoms with Gasteiger partial charge in [-0.2, -0.15) is 0 Å². The summed E-state index contributed by atoms with van der Waals surface area (Å²) in [5.74, 6) is 2.46. The highest BCUT2D eigenvalue weighted by molar-refractivity contribution is 5.54. The zero-order valence-electron chi connectivity index (χ0n) is 6.81. The van der Waals surface area contributed by atoms with E-state index in [9.17, 15) is 4.79 Å². The first-order chi connectivity index (χ1) is 5.92. The Morgan fingerprint density at radius 1 is 1.42 bits per heavy atom. The fourth-order valence-electron chi connectivity index (χ4n) is 2.69. The molecule has 3 nitrogen and oxygen atoms in total. The maximum atomic E-state index is 10.5. The summed E-state index contributed by atoms with van der Waals surface area (Å²) in [6, 6.07) is 0.430. The Kier molecular flexibility index (Phi) is 1.17. The third-order valence-electron chi connectivity index (χ3n) is 3.47. The van der Waals surface area contributed by atoms with Gasteiger partial charge in [0.05, 0.1) is 6.04 Å². The second kappa shape index (κ2) is 2.10. The number of hydrogen-bond donors (Lipinski definition) is 1. The van der Waals surface area contributed by atoms with Crippen molar-refractivity contribution >= 4 is 6.41 Å². The summed E-state index contributed by atoms with van der Waals surface area (Å²) < 4.78 is 0. The highest BCUT2D eigenvalue weighted by atomic mass is 16.1. The Hall–Kier alpha value is -0.830. The Balaban J connectivity index is 1.70. The fraction of sp³-hybridized carbons (Fsp3) is 0.667. The minimum absolute atomic E-state index is 0.430. The Morgan fingerprint density at radius 3 is 2.67 bits per heavy atom. The number of piperidine rings is 1. The Morgan fingerprint density at radius 2 is 2.17 bits per heavy atom. The monoisotopic (exact) mass is 164 g/mol. The van der Waals surface area contributed by atoms with Gasteiger partial charge in [0.15, 0.2) is 0 Å². The first-order valence-corrected chi connectivity index (χ1v) is 4.53. The van der Waals surface area contributed by atoms with Gasteiger partial charge in [-0.1, -0.05) is 0 Å². The van der Waals surface area contributed by atoms with Crippen LogP contribution in [0.2, 0.25) is 0 Å². The van der Waals surface area contributed by atoms with Gasteiger partial charge in [0.1, 0.15) is 0 Å². The van der Waals surface area contributed by atoms with Gasteiger partial charge >= 0.3 is 0 Å². The molecule has 3 rings (SSSR count). The Labute approximate surface area is 71.4 Å². The number of nitrogens with one attached hydrogen (secondary N) is 1. The molecule has 1 aliphatic carbocycles. The second-order valence-corrected chi connectivity index (χ2v) is 3.95. The van der Waals surface area contributed by atoms with E-state index >= 15 is 0 Å². The average Bonchev–Trinajstić information content (AvgIpc) is 2.51. The van der Waals surface area contributed by atoms with Crippen LogP contribution in [0, 0.1) is 17.8 Å². The van der Waals surface area contributed by atoms with Crippen LogP contribution in [0.15, 0.2) is 12.3 Å². The van der Waals surface area contributed by atoms with Gasteiger partial charge in [-0.05, 0) is 36.9 Å². The highest BCUT2D eigenvalue weighted by Crippen LogP contribution is 2.53. The lowest BCUT2D eigenvalue weighted by molar-refractivity contribution is -0.118. The molecule has 2 aliphatic heterocycles. The molecule has 1 amide bonds. The third kappa shape index (κ3) is 0.672. The SMILES string of the molecule is O=CN1C=CC1C1C2CNCC21. The van der Waals surface area contributed by atoms with Gasteiger partial charge in [-0.3, -0.25) is 4.79 Å². The lowest BCUT2D eigenvalue weighted by Gasteiger charge is -2.31. The van der Waals surface area contributed by atoms with Crippen LogP contribution >= 0.6 is 0 Å². The van der Waals surface area contributed by atoms with Crippen molar-refractivity contribution in [3.05, 3.63) is 12.3 Å². The van der Waals surface area contributed by atoms with Gasteiger partial charge in [-0.15, -0.1) is 0 Å². The largest absolute Gasteiger partial charge is 0.316 e. The van der Waals surface area contributed by atoms with Crippen LogP contribution in [0.5, 0.6) is 0 Å². The van der Waals surface area contributed by atoms with Crippen molar-refractivity contribution in [3.63, 3.8) is 0 Å². The van der Waals surface area contributed by atoms with E-state index in [2.05, 4.69) is 11.4 Å². The van der Waals surface area contributed by atoms with E-state index in [1.54, 1.807) is 4.90 Å². The molecule has 3 unspecified atom stereocenters. The van der Waals surface area contributed by atoms with Gasteiger partial charge in [0.25, 0.3) is 0 Å². The Bertz CT molecular complexity index is 241. The number of nitrogens with zero attached hydrogens (tertiary/aromatic N) is 1. The zero-order valence-corrected chi connectivity index (χ0v) is 6.81. The molecule has 12 heavy (non-hydrogen) atoms. The number of carbonyl (C=O) groups is 1. The summed E-state index contributed by atoms with van der Waals surface area (Å²) in [6.07, 6.45) is 4.96. The minimum atomic E-state index is 0.430. The standard InChI is InChI=1S/C9H12N2O/c12-5-11-2-1-8(11)9-6-3-10-4-7(6)9/h1-2,5-10H,3-4H2. The van der Waals surface area contributed by atoms with Crippen LogP contribution in [0.1, 0.15) is 0 Å². The van der Waals surface area contributed by atoms with Crippen molar-refractivity contribution in [2.45, 2.75) is 6.04 Å². The first-order valence-electron chi connectivity index (χ1n) is 4.53. The fourth-order valence-corrected chi connectivity index (χ4v) is 2.69. The minimum Gasteiger partial charge on any atom is -0.316 e. The van der Waals surface area contributed by atoms with Crippen LogP contribution in [0.4, 0.5) is 0 Å². The predicted molar refractivity (Wildman–Crippen MR) is 44.2 cm³/mol. The molecule has 2 heterocycles. The number of fused-ring (bicyclic) bond motifs is 1. The quantitative estimate of drug-likeness (QED) is 0.573. The topological polar surface area (TPSA) is 32.3 Å². The molecular formula is C9H12N2O. The van der Waals surface area contributed by atoms with Gasteiger partial charge in [-0.25, -0.2) is 0 Å². The van der Waals surface area contributed by atoms with Crippen LogP contribution < -0.4 is 5.32 Å². The third-order valence-corrected chi connectivity index (χ3v) is 3.47. The van der Waals surface area contributed by atoms with Crippen molar-refractivity contribution in [3.8, 4) is 0 Å². The van der Waals surface area contributed by atoms with Gasteiger partial charge in [0.2, 0.25) is 6.41 Å². The van der Waals surface area contributed by atoms with E-state index in [0.717, 1.165) is 37.3 Å². The molecule has 0 bridgehead atoms. The van der Waals surface area contributed by atoms with Gasteiger partial charge < -0.3 is 10.2 Å².